The van der Waals surface area contributed by atoms with E-state index in [0.29, 0.717) is 23.4 Å². The van der Waals surface area contributed by atoms with E-state index in [-0.39, 0.29) is 0 Å². The maximum Gasteiger partial charge on any atom is 0.170 e. The number of benzene rings is 1. The third-order valence-corrected chi connectivity index (χ3v) is 2.26. The summed E-state index contributed by atoms with van der Waals surface area (Å²) in [5.41, 5.74) is 2.16. The van der Waals surface area contributed by atoms with Gasteiger partial charge in [-0.1, -0.05) is 11.3 Å². The Balaban J connectivity index is 2.62. The van der Waals surface area contributed by atoms with Crippen molar-refractivity contribution in [3.05, 3.63) is 35.7 Å². The fourth-order valence-electron chi connectivity index (χ4n) is 1.48. The lowest BCUT2D eigenvalue weighted by Crippen LogP contribution is -2.04. The Hall–Kier alpha value is -2.17. The summed E-state index contributed by atoms with van der Waals surface area (Å²) in [5, 5.41) is 7.56. The second-order valence-corrected chi connectivity index (χ2v) is 3.36. The second-order valence-electron chi connectivity index (χ2n) is 3.36. The molecular formula is C11H11N3O2. The maximum absolute atomic E-state index is 10.8. The van der Waals surface area contributed by atoms with Gasteiger partial charge < -0.3 is 4.74 Å². The lowest BCUT2D eigenvalue weighted by molar-refractivity contribution is 0.111. The molecule has 0 atom stereocenters. The summed E-state index contributed by atoms with van der Waals surface area (Å²) >= 11 is 0. The van der Waals surface area contributed by atoms with Crippen molar-refractivity contribution >= 4 is 6.29 Å². The van der Waals surface area contributed by atoms with Crippen LogP contribution in [0.5, 0.6) is 5.75 Å². The van der Waals surface area contributed by atoms with Gasteiger partial charge in [-0.05, 0) is 24.6 Å². The zero-order valence-electron chi connectivity index (χ0n) is 9.04. The molecule has 0 radical (unpaired) electrons. The minimum atomic E-state index is 0.393. The Morgan fingerprint density at radius 1 is 1.44 bits per heavy atom. The number of ether oxygens (including phenoxy) is 1. The predicted molar refractivity (Wildman–Crippen MR) is 58.0 cm³/mol. The highest BCUT2D eigenvalue weighted by molar-refractivity contribution is 5.73. The highest BCUT2D eigenvalue weighted by Crippen LogP contribution is 2.23. The lowest BCUT2D eigenvalue weighted by Gasteiger charge is -2.09. The second kappa shape index (κ2) is 4.14. The summed E-state index contributed by atoms with van der Waals surface area (Å²) in [6.07, 6.45) is 2.12. The van der Waals surface area contributed by atoms with Crippen molar-refractivity contribution in [1.29, 1.82) is 0 Å². The van der Waals surface area contributed by atoms with Crippen molar-refractivity contribution in [3.8, 4) is 11.4 Å². The summed E-state index contributed by atoms with van der Waals surface area (Å²) in [6, 6.07) is 5.65. The van der Waals surface area contributed by atoms with Crippen molar-refractivity contribution in [2.24, 2.45) is 0 Å². The molecule has 1 heterocycles. The van der Waals surface area contributed by atoms with Crippen LogP contribution in [0.4, 0.5) is 0 Å². The van der Waals surface area contributed by atoms with Crippen molar-refractivity contribution in [3.63, 3.8) is 0 Å². The SMILES string of the molecule is COc1ccc(C)cc1-n1nncc1C=O. The van der Waals surface area contributed by atoms with Gasteiger partial charge in [0.2, 0.25) is 0 Å². The number of methoxy groups -OCH3 is 1. The molecule has 0 aliphatic rings. The van der Waals surface area contributed by atoms with Crippen molar-refractivity contribution in [2.45, 2.75) is 6.92 Å². The van der Waals surface area contributed by atoms with E-state index in [2.05, 4.69) is 10.3 Å². The Labute approximate surface area is 92.7 Å². The number of nitrogens with zero attached hydrogens (tertiary/aromatic N) is 3. The van der Waals surface area contributed by atoms with E-state index >= 15 is 0 Å². The molecule has 2 rings (SSSR count). The first-order valence-corrected chi connectivity index (χ1v) is 4.77. The molecule has 5 nitrogen and oxygen atoms in total. The van der Waals surface area contributed by atoms with Crippen LogP contribution in [0, 0.1) is 6.92 Å². The smallest absolute Gasteiger partial charge is 0.170 e. The van der Waals surface area contributed by atoms with Gasteiger partial charge >= 0.3 is 0 Å². The number of aromatic nitrogens is 3. The first-order valence-electron chi connectivity index (χ1n) is 4.77. The molecular weight excluding hydrogens is 206 g/mol. The standard InChI is InChI=1S/C11H11N3O2/c1-8-3-4-11(16-2)10(5-8)14-9(7-15)6-12-13-14/h3-7H,1-2H3. The van der Waals surface area contributed by atoms with Gasteiger partial charge in [-0.2, -0.15) is 0 Å². The lowest BCUT2D eigenvalue weighted by atomic mass is 10.2. The van der Waals surface area contributed by atoms with Crippen LogP contribution in [0.3, 0.4) is 0 Å². The number of rotatable bonds is 3. The van der Waals surface area contributed by atoms with Crippen LogP contribution in [0.15, 0.2) is 24.4 Å². The summed E-state index contributed by atoms with van der Waals surface area (Å²) in [4.78, 5) is 10.8. The van der Waals surface area contributed by atoms with Crippen molar-refractivity contribution in [2.75, 3.05) is 7.11 Å². The van der Waals surface area contributed by atoms with E-state index in [1.165, 1.54) is 10.9 Å². The van der Waals surface area contributed by atoms with E-state index in [1.54, 1.807) is 7.11 Å². The molecule has 0 aliphatic heterocycles. The number of carbonyl (C=O) groups is 1. The minimum Gasteiger partial charge on any atom is -0.494 e. The molecule has 1 aromatic heterocycles. The molecule has 16 heavy (non-hydrogen) atoms. The minimum absolute atomic E-state index is 0.393. The average molecular weight is 217 g/mol. The third kappa shape index (κ3) is 1.67. The Kier molecular flexibility index (Phi) is 2.68. The Bertz CT molecular complexity index is 520. The zero-order chi connectivity index (χ0) is 11.5. The molecule has 0 N–H and O–H groups in total. The number of hydrogen-bond donors (Lipinski definition) is 0. The van der Waals surface area contributed by atoms with E-state index in [4.69, 9.17) is 4.74 Å². The third-order valence-electron chi connectivity index (χ3n) is 2.26. The maximum atomic E-state index is 10.8. The van der Waals surface area contributed by atoms with Crippen LogP contribution in [0.1, 0.15) is 16.1 Å². The molecule has 0 saturated carbocycles. The van der Waals surface area contributed by atoms with Crippen LogP contribution in [-0.4, -0.2) is 28.4 Å². The average Bonchev–Trinajstić information content (AvgIpc) is 2.76. The normalized spacial score (nSPS) is 10.1. The first-order chi connectivity index (χ1) is 7.76. The van der Waals surface area contributed by atoms with Crippen LogP contribution < -0.4 is 4.74 Å². The largest absolute Gasteiger partial charge is 0.494 e. The van der Waals surface area contributed by atoms with Crippen LogP contribution in [0.2, 0.25) is 0 Å². The monoisotopic (exact) mass is 217 g/mol. The van der Waals surface area contributed by atoms with Gasteiger partial charge in [0.05, 0.1) is 13.3 Å². The molecule has 1 aromatic carbocycles. The zero-order valence-corrected chi connectivity index (χ0v) is 9.04. The van der Waals surface area contributed by atoms with Crippen LogP contribution >= 0.6 is 0 Å². The number of carbonyl (C=O) groups excluding carboxylic acids is 1. The molecule has 2 aromatic rings. The molecule has 0 spiro atoms. The van der Waals surface area contributed by atoms with Gasteiger partial charge in [0, 0.05) is 0 Å². The molecule has 0 unspecified atom stereocenters. The van der Waals surface area contributed by atoms with Gasteiger partial charge in [0.25, 0.3) is 0 Å². The number of hydrogen-bond acceptors (Lipinski definition) is 4. The van der Waals surface area contributed by atoms with Crippen molar-refractivity contribution < 1.29 is 9.53 Å². The van der Waals surface area contributed by atoms with Gasteiger partial charge in [-0.3, -0.25) is 4.79 Å². The summed E-state index contributed by atoms with van der Waals surface area (Å²) < 4.78 is 6.68. The first kappa shape index (κ1) is 10.4. The van der Waals surface area contributed by atoms with Gasteiger partial charge in [-0.25, -0.2) is 4.68 Å². The van der Waals surface area contributed by atoms with Crippen LogP contribution in [-0.2, 0) is 0 Å². The van der Waals surface area contributed by atoms with Gasteiger partial charge in [0.15, 0.2) is 6.29 Å². The number of aldehydes is 1. The molecule has 0 fully saturated rings. The number of aryl methyl sites for hydroxylation is 1. The summed E-state index contributed by atoms with van der Waals surface area (Å²) in [5.74, 6) is 0.652. The van der Waals surface area contributed by atoms with E-state index < -0.39 is 0 Å². The molecule has 82 valence electrons. The fourth-order valence-corrected chi connectivity index (χ4v) is 1.48. The fraction of sp³-hybridized carbons (Fsp3) is 0.182. The van der Waals surface area contributed by atoms with E-state index in [9.17, 15) is 4.79 Å². The van der Waals surface area contributed by atoms with Gasteiger partial charge in [0.1, 0.15) is 17.1 Å². The Morgan fingerprint density at radius 2 is 2.25 bits per heavy atom. The molecule has 0 aliphatic carbocycles. The predicted octanol–water partition coefficient (Wildman–Crippen LogP) is 1.40. The summed E-state index contributed by atoms with van der Waals surface area (Å²) in [7, 11) is 1.58. The summed E-state index contributed by atoms with van der Waals surface area (Å²) in [6.45, 7) is 1.96. The van der Waals surface area contributed by atoms with E-state index in [0.717, 1.165) is 5.56 Å². The highest BCUT2D eigenvalue weighted by atomic mass is 16.5. The topological polar surface area (TPSA) is 57.0 Å². The van der Waals surface area contributed by atoms with Crippen LogP contribution in [0.25, 0.3) is 5.69 Å². The van der Waals surface area contributed by atoms with Crippen molar-refractivity contribution in [1.82, 2.24) is 15.0 Å². The highest BCUT2D eigenvalue weighted by Gasteiger charge is 2.10. The van der Waals surface area contributed by atoms with E-state index in [1.807, 2.05) is 25.1 Å². The molecule has 0 amide bonds. The molecule has 5 heteroatoms. The quantitative estimate of drug-likeness (QED) is 0.729. The Morgan fingerprint density at radius 3 is 2.94 bits per heavy atom. The molecule has 0 saturated heterocycles. The van der Waals surface area contributed by atoms with Gasteiger partial charge in [-0.15, -0.1) is 5.10 Å². The molecule has 0 bridgehead atoms.